The number of rotatable bonds is 3. The van der Waals surface area contributed by atoms with Crippen molar-refractivity contribution in [2.75, 3.05) is 13.1 Å². The summed E-state index contributed by atoms with van der Waals surface area (Å²) in [5, 5.41) is 9.48. The van der Waals surface area contributed by atoms with Crippen LogP contribution < -0.4 is 5.73 Å². The van der Waals surface area contributed by atoms with Gasteiger partial charge in [0.15, 0.2) is 0 Å². The summed E-state index contributed by atoms with van der Waals surface area (Å²) in [5.41, 5.74) is 7.82. The summed E-state index contributed by atoms with van der Waals surface area (Å²) in [5.74, 6) is 0.642. The molecule has 0 saturated heterocycles. The van der Waals surface area contributed by atoms with Gasteiger partial charge in [0.1, 0.15) is 5.75 Å². The lowest BCUT2D eigenvalue weighted by Gasteiger charge is -2.29. The molecule has 2 rings (SSSR count). The van der Waals surface area contributed by atoms with Gasteiger partial charge in [0.25, 0.3) is 0 Å². The van der Waals surface area contributed by atoms with Crippen LogP contribution >= 0.6 is 0 Å². The van der Waals surface area contributed by atoms with E-state index < -0.39 is 0 Å². The molecule has 1 aliphatic heterocycles. The Morgan fingerprint density at radius 1 is 1.50 bits per heavy atom. The number of benzene rings is 1. The van der Waals surface area contributed by atoms with E-state index >= 15 is 0 Å². The second-order valence-corrected chi connectivity index (χ2v) is 5.06. The van der Waals surface area contributed by atoms with Crippen molar-refractivity contribution in [1.29, 1.82) is 0 Å². The molecule has 4 nitrogen and oxygen atoms in total. The summed E-state index contributed by atoms with van der Waals surface area (Å²) in [4.78, 5) is 13.9. The number of carbonyl (C=O) groups excluding carboxylic acids is 1. The zero-order valence-corrected chi connectivity index (χ0v) is 10.7. The third-order valence-electron chi connectivity index (χ3n) is 3.48. The van der Waals surface area contributed by atoms with Crippen molar-refractivity contribution in [2.24, 2.45) is 11.7 Å². The first kappa shape index (κ1) is 12.9. The van der Waals surface area contributed by atoms with E-state index in [-0.39, 0.29) is 17.6 Å². The minimum Gasteiger partial charge on any atom is -0.508 e. The van der Waals surface area contributed by atoms with Gasteiger partial charge in [-0.2, -0.15) is 0 Å². The van der Waals surface area contributed by atoms with Crippen LogP contribution in [-0.4, -0.2) is 29.0 Å². The predicted octanol–water partition coefficient (Wildman–Crippen LogP) is 1.26. The molecule has 0 saturated carbocycles. The molecule has 4 heteroatoms. The van der Waals surface area contributed by atoms with Crippen molar-refractivity contribution in [3.05, 3.63) is 29.3 Å². The Morgan fingerprint density at radius 3 is 3.00 bits per heavy atom. The van der Waals surface area contributed by atoms with Crippen LogP contribution in [0.1, 0.15) is 24.5 Å². The SMILES string of the molecule is CC(CN)CC(=O)N1CCc2ccc(O)cc2C1. The summed E-state index contributed by atoms with van der Waals surface area (Å²) >= 11 is 0. The molecular weight excluding hydrogens is 228 g/mol. The lowest BCUT2D eigenvalue weighted by molar-refractivity contribution is -0.132. The Morgan fingerprint density at radius 2 is 2.28 bits per heavy atom. The Labute approximate surface area is 107 Å². The molecule has 0 aromatic heterocycles. The number of fused-ring (bicyclic) bond motifs is 1. The molecule has 1 atom stereocenters. The van der Waals surface area contributed by atoms with Gasteiger partial charge in [0.05, 0.1) is 0 Å². The van der Waals surface area contributed by atoms with Gasteiger partial charge in [-0.3, -0.25) is 4.79 Å². The molecule has 0 bridgehead atoms. The van der Waals surface area contributed by atoms with Gasteiger partial charge in [0, 0.05) is 19.5 Å². The standard InChI is InChI=1S/C14H20N2O2/c1-10(8-15)6-14(18)16-5-4-11-2-3-13(17)7-12(11)9-16/h2-3,7,10,17H,4-6,8-9,15H2,1H3. The normalized spacial score (nSPS) is 16.2. The summed E-state index contributed by atoms with van der Waals surface area (Å²) in [6.07, 6.45) is 1.36. The van der Waals surface area contributed by atoms with Crippen molar-refractivity contribution < 1.29 is 9.90 Å². The molecule has 1 amide bonds. The number of hydrogen-bond acceptors (Lipinski definition) is 3. The molecule has 18 heavy (non-hydrogen) atoms. The molecule has 1 aromatic rings. The number of aromatic hydroxyl groups is 1. The van der Waals surface area contributed by atoms with E-state index in [0.717, 1.165) is 18.5 Å². The van der Waals surface area contributed by atoms with Crippen LogP contribution in [0.25, 0.3) is 0 Å². The van der Waals surface area contributed by atoms with Gasteiger partial charge in [-0.05, 0) is 42.1 Å². The van der Waals surface area contributed by atoms with Crippen molar-refractivity contribution in [1.82, 2.24) is 4.90 Å². The smallest absolute Gasteiger partial charge is 0.223 e. The van der Waals surface area contributed by atoms with Crippen LogP contribution in [0.4, 0.5) is 0 Å². The van der Waals surface area contributed by atoms with Crippen molar-refractivity contribution in [3.63, 3.8) is 0 Å². The van der Waals surface area contributed by atoms with E-state index in [9.17, 15) is 9.90 Å². The van der Waals surface area contributed by atoms with Gasteiger partial charge in [-0.1, -0.05) is 13.0 Å². The monoisotopic (exact) mass is 248 g/mol. The maximum Gasteiger partial charge on any atom is 0.223 e. The lowest BCUT2D eigenvalue weighted by Crippen LogP contribution is -2.37. The summed E-state index contributed by atoms with van der Waals surface area (Å²) in [6, 6.07) is 5.39. The largest absolute Gasteiger partial charge is 0.508 e. The van der Waals surface area contributed by atoms with Crippen molar-refractivity contribution >= 4 is 5.91 Å². The second kappa shape index (κ2) is 5.40. The Balaban J connectivity index is 2.05. The molecule has 1 unspecified atom stereocenters. The molecule has 0 radical (unpaired) electrons. The average molecular weight is 248 g/mol. The number of carbonyl (C=O) groups is 1. The molecule has 1 aromatic carbocycles. The predicted molar refractivity (Wildman–Crippen MR) is 70.1 cm³/mol. The molecule has 0 fully saturated rings. The highest BCUT2D eigenvalue weighted by atomic mass is 16.3. The summed E-state index contributed by atoms with van der Waals surface area (Å²) < 4.78 is 0. The fourth-order valence-electron chi connectivity index (χ4n) is 2.27. The number of hydrogen-bond donors (Lipinski definition) is 2. The van der Waals surface area contributed by atoms with E-state index in [1.165, 1.54) is 5.56 Å². The van der Waals surface area contributed by atoms with Gasteiger partial charge < -0.3 is 15.7 Å². The Hall–Kier alpha value is -1.55. The van der Waals surface area contributed by atoms with Crippen LogP contribution in [-0.2, 0) is 17.8 Å². The first-order valence-corrected chi connectivity index (χ1v) is 6.38. The number of phenolic OH excluding ortho intramolecular Hbond substituents is 1. The zero-order chi connectivity index (χ0) is 13.1. The fraction of sp³-hybridized carbons (Fsp3) is 0.500. The van der Waals surface area contributed by atoms with Crippen LogP contribution in [0, 0.1) is 5.92 Å². The molecule has 0 spiro atoms. The highest BCUT2D eigenvalue weighted by Gasteiger charge is 2.21. The van der Waals surface area contributed by atoms with Gasteiger partial charge >= 0.3 is 0 Å². The highest BCUT2D eigenvalue weighted by molar-refractivity contribution is 5.76. The maximum absolute atomic E-state index is 12.1. The molecule has 0 aliphatic carbocycles. The maximum atomic E-state index is 12.1. The van der Waals surface area contributed by atoms with Crippen LogP contribution in [0.15, 0.2) is 18.2 Å². The zero-order valence-electron chi connectivity index (χ0n) is 10.7. The third kappa shape index (κ3) is 2.82. The second-order valence-electron chi connectivity index (χ2n) is 5.06. The van der Waals surface area contributed by atoms with E-state index in [2.05, 4.69) is 0 Å². The highest BCUT2D eigenvalue weighted by Crippen LogP contribution is 2.23. The summed E-state index contributed by atoms with van der Waals surface area (Å²) in [6.45, 7) is 3.88. The van der Waals surface area contributed by atoms with Gasteiger partial charge in [-0.15, -0.1) is 0 Å². The third-order valence-corrected chi connectivity index (χ3v) is 3.48. The number of nitrogens with two attached hydrogens (primary N) is 1. The molecule has 3 N–H and O–H groups in total. The first-order chi connectivity index (χ1) is 8.60. The minimum atomic E-state index is 0.155. The van der Waals surface area contributed by atoms with Gasteiger partial charge in [-0.25, -0.2) is 0 Å². The van der Waals surface area contributed by atoms with E-state index in [1.807, 2.05) is 17.9 Å². The molecule has 1 aliphatic rings. The first-order valence-electron chi connectivity index (χ1n) is 6.38. The number of nitrogens with zero attached hydrogens (tertiary/aromatic N) is 1. The van der Waals surface area contributed by atoms with Crippen LogP contribution in [0.3, 0.4) is 0 Å². The number of amides is 1. The molecular formula is C14H20N2O2. The van der Waals surface area contributed by atoms with Crippen LogP contribution in [0.2, 0.25) is 0 Å². The van der Waals surface area contributed by atoms with Crippen LogP contribution in [0.5, 0.6) is 5.75 Å². The van der Waals surface area contributed by atoms with Gasteiger partial charge in [0.2, 0.25) is 5.91 Å². The average Bonchev–Trinajstić information content (AvgIpc) is 2.37. The molecule has 98 valence electrons. The van der Waals surface area contributed by atoms with E-state index in [4.69, 9.17) is 5.73 Å². The fourth-order valence-corrected chi connectivity index (χ4v) is 2.27. The van der Waals surface area contributed by atoms with E-state index in [0.29, 0.717) is 19.5 Å². The Bertz CT molecular complexity index is 445. The minimum absolute atomic E-state index is 0.155. The number of phenols is 1. The van der Waals surface area contributed by atoms with Crippen molar-refractivity contribution in [2.45, 2.75) is 26.3 Å². The topological polar surface area (TPSA) is 66.6 Å². The molecule has 1 heterocycles. The quantitative estimate of drug-likeness (QED) is 0.846. The van der Waals surface area contributed by atoms with E-state index in [1.54, 1.807) is 12.1 Å². The van der Waals surface area contributed by atoms with Crippen molar-refractivity contribution in [3.8, 4) is 5.75 Å². The summed E-state index contributed by atoms with van der Waals surface area (Å²) in [7, 11) is 0. The Kier molecular flexibility index (Phi) is 3.87. The lowest BCUT2D eigenvalue weighted by atomic mass is 9.98.